The van der Waals surface area contributed by atoms with Gasteiger partial charge in [-0.1, -0.05) is 12.1 Å². The number of aromatic nitrogens is 3. The Morgan fingerprint density at radius 2 is 1.71 bits per heavy atom. The Kier molecular flexibility index (Phi) is 2.66. The monoisotopic (exact) mass is 240 g/mol. The summed E-state index contributed by atoms with van der Waals surface area (Å²) in [7, 11) is 0. The van der Waals surface area contributed by atoms with E-state index in [1.54, 1.807) is 0 Å². The van der Waals surface area contributed by atoms with Crippen LogP contribution in [0.4, 0.5) is 19.1 Å². The predicted octanol–water partition coefficient (Wildman–Crippen LogP) is 2.14. The van der Waals surface area contributed by atoms with Crippen molar-refractivity contribution in [3.05, 3.63) is 36.0 Å². The third-order valence-electron chi connectivity index (χ3n) is 2.08. The minimum Gasteiger partial charge on any atom is -0.366 e. The summed E-state index contributed by atoms with van der Waals surface area (Å²) in [5, 5.41) is 7.03. The molecule has 0 fully saturated rings. The lowest BCUT2D eigenvalue weighted by molar-refractivity contribution is -0.137. The van der Waals surface area contributed by atoms with Crippen molar-refractivity contribution >= 4 is 5.95 Å². The molecular formula is C10H7F3N4. The SMILES string of the molecule is Nc1nncc(-c2ccc(C(F)(F)F)cc2)n1. The number of anilines is 1. The van der Waals surface area contributed by atoms with Crippen LogP contribution in [0.1, 0.15) is 5.56 Å². The molecule has 0 saturated heterocycles. The second-order valence-corrected chi connectivity index (χ2v) is 3.27. The van der Waals surface area contributed by atoms with E-state index in [-0.39, 0.29) is 5.95 Å². The fourth-order valence-corrected chi connectivity index (χ4v) is 1.29. The predicted molar refractivity (Wildman–Crippen MR) is 54.7 cm³/mol. The van der Waals surface area contributed by atoms with Crippen LogP contribution in [-0.2, 0) is 6.18 Å². The summed E-state index contributed by atoms with van der Waals surface area (Å²) in [4.78, 5) is 3.86. The largest absolute Gasteiger partial charge is 0.416 e. The van der Waals surface area contributed by atoms with Crippen LogP contribution in [-0.4, -0.2) is 15.2 Å². The van der Waals surface area contributed by atoms with E-state index in [4.69, 9.17) is 5.73 Å². The van der Waals surface area contributed by atoms with Gasteiger partial charge >= 0.3 is 6.18 Å². The molecule has 0 aliphatic heterocycles. The van der Waals surface area contributed by atoms with Gasteiger partial charge in [0.2, 0.25) is 5.95 Å². The van der Waals surface area contributed by atoms with E-state index in [9.17, 15) is 13.2 Å². The maximum absolute atomic E-state index is 12.3. The number of hydrogen-bond donors (Lipinski definition) is 1. The van der Waals surface area contributed by atoms with Gasteiger partial charge < -0.3 is 5.73 Å². The number of benzene rings is 1. The molecule has 1 aromatic heterocycles. The molecular weight excluding hydrogens is 233 g/mol. The van der Waals surface area contributed by atoms with Crippen molar-refractivity contribution in [2.75, 3.05) is 5.73 Å². The fourth-order valence-electron chi connectivity index (χ4n) is 1.29. The van der Waals surface area contributed by atoms with Crippen LogP contribution in [0.3, 0.4) is 0 Å². The summed E-state index contributed by atoms with van der Waals surface area (Å²) >= 11 is 0. The average Bonchev–Trinajstić information content (AvgIpc) is 2.28. The second-order valence-electron chi connectivity index (χ2n) is 3.27. The molecule has 88 valence electrons. The van der Waals surface area contributed by atoms with Gasteiger partial charge in [-0.05, 0) is 12.1 Å². The first-order valence-electron chi connectivity index (χ1n) is 4.59. The van der Waals surface area contributed by atoms with Crippen molar-refractivity contribution in [2.24, 2.45) is 0 Å². The Hall–Kier alpha value is -2.18. The maximum atomic E-state index is 12.3. The first-order valence-corrected chi connectivity index (χ1v) is 4.59. The normalized spacial score (nSPS) is 11.5. The Morgan fingerprint density at radius 1 is 1.06 bits per heavy atom. The minimum absolute atomic E-state index is 0.0256. The number of hydrogen-bond acceptors (Lipinski definition) is 4. The molecule has 0 bridgehead atoms. The molecule has 7 heteroatoms. The quantitative estimate of drug-likeness (QED) is 0.829. The highest BCUT2D eigenvalue weighted by molar-refractivity contribution is 5.59. The molecule has 1 aromatic carbocycles. The van der Waals surface area contributed by atoms with Crippen LogP contribution in [0.5, 0.6) is 0 Å². The average molecular weight is 240 g/mol. The summed E-state index contributed by atoms with van der Waals surface area (Å²) in [5.74, 6) is -0.0256. The summed E-state index contributed by atoms with van der Waals surface area (Å²) in [6.07, 6.45) is -3.01. The molecule has 0 saturated carbocycles. The van der Waals surface area contributed by atoms with E-state index in [1.165, 1.54) is 18.3 Å². The molecule has 1 heterocycles. The number of alkyl halides is 3. The van der Waals surface area contributed by atoms with Crippen molar-refractivity contribution in [3.8, 4) is 11.3 Å². The number of nitrogens with zero attached hydrogens (tertiary/aromatic N) is 3. The van der Waals surface area contributed by atoms with E-state index >= 15 is 0 Å². The van der Waals surface area contributed by atoms with Crippen LogP contribution in [0.2, 0.25) is 0 Å². The minimum atomic E-state index is -4.35. The van der Waals surface area contributed by atoms with Crippen molar-refractivity contribution < 1.29 is 13.2 Å². The van der Waals surface area contributed by atoms with Crippen LogP contribution in [0.15, 0.2) is 30.5 Å². The third-order valence-corrected chi connectivity index (χ3v) is 2.08. The molecule has 0 radical (unpaired) electrons. The van der Waals surface area contributed by atoms with E-state index in [0.717, 1.165) is 12.1 Å². The molecule has 0 amide bonds. The topological polar surface area (TPSA) is 64.7 Å². The van der Waals surface area contributed by atoms with Crippen molar-refractivity contribution in [1.29, 1.82) is 0 Å². The van der Waals surface area contributed by atoms with E-state index in [2.05, 4.69) is 15.2 Å². The summed E-state index contributed by atoms with van der Waals surface area (Å²) in [6, 6.07) is 4.58. The highest BCUT2D eigenvalue weighted by Gasteiger charge is 2.29. The Bertz CT molecular complexity index is 522. The molecule has 0 unspecified atom stereocenters. The molecule has 0 spiro atoms. The molecule has 0 atom stereocenters. The Balaban J connectivity index is 2.36. The van der Waals surface area contributed by atoms with Crippen molar-refractivity contribution in [3.63, 3.8) is 0 Å². The Labute approximate surface area is 94.3 Å². The van der Waals surface area contributed by atoms with Crippen LogP contribution >= 0.6 is 0 Å². The Morgan fingerprint density at radius 3 is 2.24 bits per heavy atom. The van der Waals surface area contributed by atoms with E-state index in [1.807, 2.05) is 0 Å². The summed E-state index contributed by atoms with van der Waals surface area (Å²) in [6.45, 7) is 0. The van der Waals surface area contributed by atoms with Crippen molar-refractivity contribution in [1.82, 2.24) is 15.2 Å². The van der Waals surface area contributed by atoms with Gasteiger partial charge in [-0.2, -0.15) is 18.3 Å². The summed E-state index contributed by atoms with van der Waals surface area (Å²) in [5.41, 5.74) is 5.50. The lowest BCUT2D eigenvalue weighted by Gasteiger charge is -2.07. The van der Waals surface area contributed by atoms with Gasteiger partial charge in [-0.3, -0.25) is 0 Å². The molecule has 2 aromatic rings. The van der Waals surface area contributed by atoms with Gasteiger partial charge in [-0.25, -0.2) is 4.98 Å². The second kappa shape index (κ2) is 4.00. The van der Waals surface area contributed by atoms with Crippen LogP contribution in [0, 0.1) is 0 Å². The zero-order valence-electron chi connectivity index (χ0n) is 8.44. The smallest absolute Gasteiger partial charge is 0.366 e. The highest BCUT2D eigenvalue weighted by atomic mass is 19.4. The lowest BCUT2D eigenvalue weighted by Crippen LogP contribution is -2.04. The lowest BCUT2D eigenvalue weighted by atomic mass is 10.1. The molecule has 2 rings (SSSR count). The zero-order chi connectivity index (χ0) is 12.5. The van der Waals surface area contributed by atoms with Gasteiger partial charge in [0.25, 0.3) is 0 Å². The molecule has 2 N–H and O–H groups in total. The zero-order valence-corrected chi connectivity index (χ0v) is 8.44. The first kappa shape index (κ1) is 11.3. The van der Waals surface area contributed by atoms with Crippen LogP contribution in [0.25, 0.3) is 11.3 Å². The molecule has 17 heavy (non-hydrogen) atoms. The van der Waals surface area contributed by atoms with Gasteiger partial charge in [0.15, 0.2) is 0 Å². The van der Waals surface area contributed by atoms with Gasteiger partial charge in [0.1, 0.15) is 0 Å². The summed E-state index contributed by atoms with van der Waals surface area (Å²) < 4.78 is 37.0. The van der Waals surface area contributed by atoms with E-state index < -0.39 is 11.7 Å². The number of nitrogens with two attached hydrogens (primary N) is 1. The molecule has 0 aliphatic carbocycles. The van der Waals surface area contributed by atoms with E-state index in [0.29, 0.717) is 11.3 Å². The fraction of sp³-hybridized carbons (Fsp3) is 0.100. The molecule has 0 aliphatic rings. The van der Waals surface area contributed by atoms with Crippen LogP contribution < -0.4 is 5.73 Å². The van der Waals surface area contributed by atoms with Crippen molar-refractivity contribution in [2.45, 2.75) is 6.18 Å². The standard InChI is InChI=1S/C10H7F3N4/c11-10(12,13)7-3-1-6(2-4-7)8-5-15-17-9(14)16-8/h1-5H,(H2,14,16,17). The first-order chi connectivity index (χ1) is 7.97. The number of nitrogen functional groups attached to an aromatic ring is 1. The highest BCUT2D eigenvalue weighted by Crippen LogP contribution is 2.30. The van der Waals surface area contributed by atoms with Gasteiger partial charge in [0, 0.05) is 5.56 Å². The molecule has 4 nitrogen and oxygen atoms in total. The number of halogens is 3. The number of rotatable bonds is 1. The van der Waals surface area contributed by atoms with Gasteiger partial charge in [-0.15, -0.1) is 5.10 Å². The van der Waals surface area contributed by atoms with Gasteiger partial charge in [0.05, 0.1) is 17.5 Å². The maximum Gasteiger partial charge on any atom is 0.416 e. The third kappa shape index (κ3) is 2.49.